The van der Waals surface area contributed by atoms with Gasteiger partial charge in [0, 0.05) is 49.0 Å². The third-order valence-electron chi connectivity index (χ3n) is 5.51. The zero-order valence-electron chi connectivity index (χ0n) is 17.7. The van der Waals surface area contributed by atoms with Gasteiger partial charge < -0.3 is 10.2 Å². The molecule has 29 heavy (non-hydrogen) atoms. The molecule has 0 unspecified atom stereocenters. The van der Waals surface area contributed by atoms with Crippen molar-refractivity contribution < 1.29 is 4.79 Å². The monoisotopic (exact) mass is 413 g/mol. The molecule has 0 aromatic heterocycles. The third kappa shape index (κ3) is 6.22. The first-order valence-electron chi connectivity index (χ1n) is 10.4. The Kier molecular flexibility index (Phi) is 7.20. The first-order valence-corrected chi connectivity index (χ1v) is 10.8. The van der Waals surface area contributed by atoms with Crippen molar-refractivity contribution in [1.82, 2.24) is 10.2 Å². The van der Waals surface area contributed by atoms with Crippen LogP contribution in [0, 0.1) is 0 Å². The summed E-state index contributed by atoms with van der Waals surface area (Å²) < 4.78 is 0. The second-order valence-corrected chi connectivity index (χ2v) is 9.18. The first-order chi connectivity index (χ1) is 13.8. The second-order valence-electron chi connectivity index (χ2n) is 8.74. The quantitative estimate of drug-likeness (QED) is 0.704. The van der Waals surface area contributed by atoms with E-state index in [0.29, 0.717) is 6.54 Å². The summed E-state index contributed by atoms with van der Waals surface area (Å²) >= 11 is 5.97. The Morgan fingerprint density at radius 1 is 0.966 bits per heavy atom. The van der Waals surface area contributed by atoms with Gasteiger partial charge in [0.1, 0.15) is 0 Å². The van der Waals surface area contributed by atoms with Gasteiger partial charge in [0.25, 0.3) is 5.91 Å². The van der Waals surface area contributed by atoms with Crippen molar-refractivity contribution in [3.8, 4) is 0 Å². The Bertz CT molecular complexity index is 788. The third-order valence-corrected chi connectivity index (χ3v) is 5.77. The van der Waals surface area contributed by atoms with Gasteiger partial charge in [-0.1, -0.05) is 44.5 Å². The van der Waals surface area contributed by atoms with Crippen molar-refractivity contribution in [3.63, 3.8) is 0 Å². The first kappa shape index (κ1) is 21.7. The molecule has 1 fully saturated rings. The number of carbonyl (C=O) groups is 1. The van der Waals surface area contributed by atoms with Crippen LogP contribution in [0.25, 0.3) is 0 Å². The van der Waals surface area contributed by atoms with Gasteiger partial charge in [0.15, 0.2) is 0 Å². The van der Waals surface area contributed by atoms with E-state index in [2.05, 4.69) is 60.2 Å². The lowest BCUT2D eigenvalue weighted by molar-refractivity contribution is 0.0951. The molecule has 0 radical (unpaired) electrons. The Labute approximate surface area is 179 Å². The number of rotatable bonds is 6. The van der Waals surface area contributed by atoms with E-state index in [-0.39, 0.29) is 11.3 Å². The lowest BCUT2D eigenvalue weighted by Gasteiger charge is -2.36. The summed E-state index contributed by atoms with van der Waals surface area (Å²) in [6.45, 7) is 12.4. The summed E-state index contributed by atoms with van der Waals surface area (Å²) in [5, 5.41) is 3.83. The van der Waals surface area contributed by atoms with Gasteiger partial charge in [-0.2, -0.15) is 0 Å². The van der Waals surface area contributed by atoms with E-state index in [4.69, 9.17) is 11.6 Å². The number of carbonyl (C=O) groups excluding carboxylic acids is 1. The predicted octanol–water partition coefficient (Wildman–Crippen LogP) is 4.58. The van der Waals surface area contributed by atoms with Crippen LogP contribution in [0.1, 0.15) is 43.1 Å². The van der Waals surface area contributed by atoms with Crippen molar-refractivity contribution in [3.05, 3.63) is 64.7 Å². The largest absolute Gasteiger partial charge is 0.369 e. The summed E-state index contributed by atoms with van der Waals surface area (Å²) in [7, 11) is 0. The number of nitrogens with one attached hydrogen (secondary N) is 1. The molecule has 2 aromatic rings. The van der Waals surface area contributed by atoms with Crippen LogP contribution in [0.4, 0.5) is 5.69 Å². The fourth-order valence-electron chi connectivity index (χ4n) is 3.61. The molecular weight excluding hydrogens is 382 g/mol. The van der Waals surface area contributed by atoms with E-state index < -0.39 is 0 Å². The van der Waals surface area contributed by atoms with Crippen molar-refractivity contribution in [2.45, 2.75) is 32.6 Å². The highest BCUT2D eigenvalue weighted by molar-refractivity contribution is 6.30. The molecule has 0 saturated carbocycles. The molecule has 1 amide bonds. The van der Waals surface area contributed by atoms with E-state index >= 15 is 0 Å². The van der Waals surface area contributed by atoms with E-state index in [1.807, 2.05) is 24.3 Å². The van der Waals surface area contributed by atoms with Crippen LogP contribution in [0.5, 0.6) is 0 Å². The molecule has 1 N–H and O–H groups in total. The molecule has 5 heteroatoms. The summed E-state index contributed by atoms with van der Waals surface area (Å²) in [4.78, 5) is 17.2. The smallest absolute Gasteiger partial charge is 0.251 e. The minimum Gasteiger partial charge on any atom is -0.369 e. The highest BCUT2D eigenvalue weighted by atomic mass is 35.5. The Morgan fingerprint density at radius 3 is 2.17 bits per heavy atom. The molecule has 1 heterocycles. The number of amides is 1. The van der Waals surface area contributed by atoms with Crippen molar-refractivity contribution >= 4 is 23.2 Å². The molecule has 0 aliphatic carbocycles. The standard InChI is InChI=1S/C24H32ClN3O/c1-24(2,3)20-7-5-19(6-8-20)23(29)26-13-4-14-27-15-17-28(18-16-27)22-11-9-21(25)10-12-22/h5-12H,4,13-18H2,1-3H3,(H,26,29). The molecule has 0 bridgehead atoms. The zero-order chi connectivity index (χ0) is 20.9. The fourth-order valence-corrected chi connectivity index (χ4v) is 3.74. The van der Waals surface area contributed by atoms with Crippen LogP contribution >= 0.6 is 11.6 Å². The minimum absolute atomic E-state index is 0.0121. The van der Waals surface area contributed by atoms with Crippen LogP contribution in [0.15, 0.2) is 48.5 Å². The van der Waals surface area contributed by atoms with Gasteiger partial charge in [0.2, 0.25) is 0 Å². The van der Waals surface area contributed by atoms with Crippen LogP contribution in [0.2, 0.25) is 5.02 Å². The fraction of sp³-hybridized carbons (Fsp3) is 0.458. The van der Waals surface area contributed by atoms with Crippen molar-refractivity contribution in [1.29, 1.82) is 0 Å². The molecule has 3 rings (SSSR count). The van der Waals surface area contributed by atoms with Crippen molar-refractivity contribution in [2.24, 2.45) is 0 Å². The molecular formula is C24H32ClN3O. The van der Waals surface area contributed by atoms with Gasteiger partial charge in [-0.15, -0.1) is 0 Å². The predicted molar refractivity (Wildman–Crippen MR) is 122 cm³/mol. The second kappa shape index (κ2) is 9.64. The van der Waals surface area contributed by atoms with Crippen molar-refractivity contribution in [2.75, 3.05) is 44.2 Å². The Morgan fingerprint density at radius 2 is 1.59 bits per heavy atom. The number of hydrogen-bond acceptors (Lipinski definition) is 3. The van der Waals surface area contributed by atoms with Gasteiger partial charge in [-0.25, -0.2) is 0 Å². The van der Waals surface area contributed by atoms with E-state index in [9.17, 15) is 4.79 Å². The summed E-state index contributed by atoms with van der Waals surface area (Å²) in [6.07, 6.45) is 0.965. The number of anilines is 1. The van der Waals surface area contributed by atoms with Crippen LogP contribution < -0.4 is 10.2 Å². The summed E-state index contributed by atoms with van der Waals surface area (Å²) in [6, 6.07) is 16.0. The SMILES string of the molecule is CC(C)(C)c1ccc(C(=O)NCCCN2CCN(c3ccc(Cl)cc3)CC2)cc1. The molecule has 1 aliphatic rings. The Balaban J connectivity index is 1.35. The maximum atomic E-state index is 12.3. The van der Waals surface area contributed by atoms with Gasteiger partial charge in [-0.3, -0.25) is 9.69 Å². The molecule has 156 valence electrons. The summed E-state index contributed by atoms with van der Waals surface area (Å²) in [5.41, 5.74) is 3.31. The number of benzene rings is 2. The highest BCUT2D eigenvalue weighted by Gasteiger charge is 2.17. The van der Waals surface area contributed by atoms with Crippen LogP contribution in [-0.2, 0) is 5.41 Å². The zero-order valence-corrected chi connectivity index (χ0v) is 18.5. The van der Waals surface area contributed by atoms with E-state index in [1.165, 1.54) is 11.3 Å². The number of nitrogens with zero attached hydrogens (tertiary/aromatic N) is 2. The number of halogens is 1. The summed E-state index contributed by atoms with van der Waals surface area (Å²) in [5.74, 6) is 0.0121. The van der Waals surface area contributed by atoms with Gasteiger partial charge >= 0.3 is 0 Å². The van der Waals surface area contributed by atoms with E-state index in [1.54, 1.807) is 0 Å². The normalized spacial score (nSPS) is 15.4. The van der Waals surface area contributed by atoms with Gasteiger partial charge in [-0.05, 0) is 60.3 Å². The number of piperazine rings is 1. The van der Waals surface area contributed by atoms with Crippen LogP contribution in [-0.4, -0.2) is 50.1 Å². The average Bonchev–Trinajstić information content (AvgIpc) is 2.71. The minimum atomic E-state index is 0.0121. The average molecular weight is 414 g/mol. The molecule has 0 atom stereocenters. The lowest BCUT2D eigenvalue weighted by Crippen LogP contribution is -2.47. The molecule has 1 saturated heterocycles. The Hall–Kier alpha value is -2.04. The number of hydrogen-bond donors (Lipinski definition) is 1. The maximum Gasteiger partial charge on any atom is 0.251 e. The molecule has 0 spiro atoms. The van der Waals surface area contributed by atoms with Crippen LogP contribution in [0.3, 0.4) is 0 Å². The molecule has 4 nitrogen and oxygen atoms in total. The maximum absolute atomic E-state index is 12.3. The highest BCUT2D eigenvalue weighted by Crippen LogP contribution is 2.22. The van der Waals surface area contributed by atoms with E-state index in [0.717, 1.165) is 49.7 Å². The lowest BCUT2D eigenvalue weighted by atomic mass is 9.87. The molecule has 2 aromatic carbocycles. The molecule has 1 aliphatic heterocycles. The topological polar surface area (TPSA) is 35.6 Å². The van der Waals surface area contributed by atoms with Gasteiger partial charge in [0.05, 0.1) is 0 Å².